The molecule has 0 aliphatic heterocycles. The van der Waals surface area contributed by atoms with Gasteiger partial charge in [0.1, 0.15) is 0 Å². The molecule has 7 heteroatoms. The van der Waals surface area contributed by atoms with Gasteiger partial charge in [0.05, 0.1) is 0 Å². The lowest BCUT2D eigenvalue weighted by Crippen LogP contribution is -2.26. The fourth-order valence-electron chi connectivity index (χ4n) is 0.911. The molecule has 0 unspecified atom stereocenters. The number of hydrogen-bond acceptors (Lipinski definition) is 3. The van der Waals surface area contributed by atoms with E-state index in [2.05, 4.69) is 25.6 Å². The summed E-state index contributed by atoms with van der Waals surface area (Å²) in [5.74, 6) is -0.844. The molecule has 1 N–H and O–H groups in total. The zero-order chi connectivity index (χ0) is 11.3. The summed E-state index contributed by atoms with van der Waals surface area (Å²) < 4.78 is 38.4. The maximum absolute atomic E-state index is 13.1. The lowest BCUT2D eigenvalue weighted by molar-refractivity contribution is 0.544. The maximum atomic E-state index is 13.1. The maximum Gasteiger partial charge on any atom is 0.261 e. The van der Waals surface area contributed by atoms with Crippen LogP contribution in [0.3, 0.4) is 0 Å². The Morgan fingerprint density at radius 1 is 1.53 bits per heavy atom. The van der Waals surface area contributed by atoms with Crippen molar-refractivity contribution in [2.24, 2.45) is 0 Å². The fraction of sp³-hybridized carbons (Fsp3) is 0.375. The van der Waals surface area contributed by atoms with E-state index >= 15 is 0 Å². The van der Waals surface area contributed by atoms with E-state index in [1.54, 1.807) is 0 Å². The highest BCUT2D eigenvalue weighted by Crippen LogP contribution is 2.09. The molecule has 0 aromatic carbocycles. The molecule has 0 saturated carbocycles. The first-order valence-electron chi connectivity index (χ1n) is 4.24. The molecule has 1 aromatic rings. The normalized spacial score (nSPS) is 11.6. The van der Waals surface area contributed by atoms with Gasteiger partial charge in [-0.1, -0.05) is 15.9 Å². The second-order valence-electron chi connectivity index (χ2n) is 2.73. The van der Waals surface area contributed by atoms with E-state index in [9.17, 15) is 12.8 Å². The first-order chi connectivity index (χ1) is 7.08. The Bertz CT molecular complexity index is 424. The number of nitrogens with one attached hydrogen (secondary N) is 1. The number of nitrogens with zero attached hydrogens (tertiary/aromatic N) is 1. The van der Waals surface area contributed by atoms with Gasteiger partial charge in [-0.3, -0.25) is 0 Å². The summed E-state index contributed by atoms with van der Waals surface area (Å²) in [6.45, 7) is 0.254. The Kier molecular flexibility index (Phi) is 4.62. The molecule has 84 valence electrons. The monoisotopic (exact) mass is 296 g/mol. The van der Waals surface area contributed by atoms with Gasteiger partial charge in [0.25, 0.3) is 10.0 Å². The molecule has 0 aliphatic rings. The third kappa shape index (κ3) is 3.51. The summed E-state index contributed by atoms with van der Waals surface area (Å²) in [6.07, 6.45) is 1.87. The van der Waals surface area contributed by atoms with Crippen molar-refractivity contribution in [2.75, 3.05) is 11.9 Å². The molecule has 0 spiro atoms. The van der Waals surface area contributed by atoms with Crippen LogP contribution >= 0.6 is 15.9 Å². The van der Waals surface area contributed by atoms with Crippen LogP contribution in [0, 0.1) is 5.82 Å². The minimum atomic E-state index is -3.82. The van der Waals surface area contributed by atoms with E-state index in [-0.39, 0.29) is 6.54 Å². The SMILES string of the molecule is O=S(=O)(NCCCBr)c1ncccc1F. The standard InChI is InChI=1S/C8H10BrFN2O2S/c9-4-2-6-12-15(13,14)8-7(10)3-1-5-11-8/h1,3,5,12H,2,4,6H2. The minimum Gasteiger partial charge on any atom is -0.241 e. The molecule has 0 amide bonds. The van der Waals surface area contributed by atoms with E-state index in [0.29, 0.717) is 11.8 Å². The molecule has 0 aliphatic carbocycles. The average molecular weight is 297 g/mol. The molecule has 4 nitrogen and oxygen atoms in total. The second kappa shape index (κ2) is 5.53. The molecule has 15 heavy (non-hydrogen) atoms. The van der Waals surface area contributed by atoms with Crippen molar-refractivity contribution in [3.63, 3.8) is 0 Å². The number of alkyl halides is 1. The summed E-state index contributed by atoms with van der Waals surface area (Å²) in [6, 6.07) is 2.40. The van der Waals surface area contributed by atoms with Crippen LogP contribution in [-0.2, 0) is 10.0 Å². The Morgan fingerprint density at radius 2 is 2.27 bits per heavy atom. The van der Waals surface area contributed by atoms with Crippen LogP contribution in [-0.4, -0.2) is 25.3 Å². The van der Waals surface area contributed by atoms with E-state index in [4.69, 9.17) is 0 Å². The highest BCUT2D eigenvalue weighted by Gasteiger charge is 2.19. The van der Waals surface area contributed by atoms with Crippen molar-refractivity contribution in [1.82, 2.24) is 9.71 Å². The van der Waals surface area contributed by atoms with Gasteiger partial charge in [0.15, 0.2) is 5.82 Å². The molecule has 0 radical (unpaired) electrons. The van der Waals surface area contributed by atoms with Crippen molar-refractivity contribution in [3.8, 4) is 0 Å². The van der Waals surface area contributed by atoms with Gasteiger partial charge in [-0.15, -0.1) is 0 Å². The molecular weight excluding hydrogens is 287 g/mol. The number of aromatic nitrogens is 1. The van der Waals surface area contributed by atoms with E-state index < -0.39 is 20.9 Å². The predicted octanol–water partition coefficient (Wildman–Crippen LogP) is 1.28. The van der Waals surface area contributed by atoms with Crippen molar-refractivity contribution < 1.29 is 12.8 Å². The smallest absolute Gasteiger partial charge is 0.241 e. The van der Waals surface area contributed by atoms with Crippen LogP contribution < -0.4 is 4.72 Å². The van der Waals surface area contributed by atoms with Crippen LogP contribution in [0.5, 0.6) is 0 Å². The van der Waals surface area contributed by atoms with Crippen LogP contribution in [0.2, 0.25) is 0 Å². The summed E-state index contributed by atoms with van der Waals surface area (Å²) in [5.41, 5.74) is 0. The van der Waals surface area contributed by atoms with E-state index in [0.717, 1.165) is 6.07 Å². The second-order valence-corrected chi connectivity index (χ2v) is 5.21. The zero-order valence-corrected chi connectivity index (χ0v) is 10.2. The van der Waals surface area contributed by atoms with Crippen LogP contribution in [0.15, 0.2) is 23.4 Å². The van der Waals surface area contributed by atoms with Crippen molar-refractivity contribution in [2.45, 2.75) is 11.4 Å². The van der Waals surface area contributed by atoms with Crippen LogP contribution in [0.25, 0.3) is 0 Å². The predicted molar refractivity (Wildman–Crippen MR) is 57.8 cm³/mol. The molecule has 1 aromatic heterocycles. The van der Waals surface area contributed by atoms with Gasteiger partial charge < -0.3 is 0 Å². The van der Waals surface area contributed by atoms with Crippen molar-refractivity contribution in [1.29, 1.82) is 0 Å². The van der Waals surface area contributed by atoms with E-state index in [1.807, 2.05) is 0 Å². The Balaban J connectivity index is 2.83. The number of pyridine rings is 1. The van der Waals surface area contributed by atoms with E-state index in [1.165, 1.54) is 12.3 Å². The highest BCUT2D eigenvalue weighted by atomic mass is 79.9. The first-order valence-corrected chi connectivity index (χ1v) is 6.84. The molecule has 0 bridgehead atoms. The first kappa shape index (κ1) is 12.5. The summed E-state index contributed by atoms with van der Waals surface area (Å²) in [7, 11) is -3.82. The molecule has 0 fully saturated rings. The third-order valence-corrected chi connectivity index (χ3v) is 3.54. The van der Waals surface area contributed by atoms with Gasteiger partial charge >= 0.3 is 0 Å². The molecule has 0 atom stereocenters. The van der Waals surface area contributed by atoms with Crippen molar-refractivity contribution >= 4 is 26.0 Å². The highest BCUT2D eigenvalue weighted by molar-refractivity contribution is 9.09. The van der Waals surface area contributed by atoms with Crippen LogP contribution in [0.4, 0.5) is 4.39 Å². The zero-order valence-electron chi connectivity index (χ0n) is 7.78. The summed E-state index contributed by atoms with van der Waals surface area (Å²) in [4.78, 5) is 3.49. The lowest BCUT2D eigenvalue weighted by Gasteiger charge is -2.05. The summed E-state index contributed by atoms with van der Waals surface area (Å²) in [5, 5.41) is 0.125. The Labute approximate surface area is 96.1 Å². The Morgan fingerprint density at radius 3 is 2.87 bits per heavy atom. The Hall–Kier alpha value is -0.530. The molecule has 0 saturated heterocycles. The van der Waals surface area contributed by atoms with Gasteiger partial charge in [-0.2, -0.15) is 0 Å². The number of hydrogen-bond donors (Lipinski definition) is 1. The largest absolute Gasteiger partial charge is 0.261 e. The topological polar surface area (TPSA) is 59.1 Å². The molecule has 1 rings (SSSR count). The third-order valence-electron chi connectivity index (χ3n) is 1.58. The van der Waals surface area contributed by atoms with Crippen LogP contribution in [0.1, 0.15) is 6.42 Å². The average Bonchev–Trinajstić information content (AvgIpc) is 2.18. The van der Waals surface area contributed by atoms with Gasteiger partial charge in [0.2, 0.25) is 5.03 Å². The minimum absolute atomic E-state index is 0.254. The number of rotatable bonds is 5. The number of halogens is 2. The molecular formula is C8H10BrFN2O2S. The fourth-order valence-corrected chi connectivity index (χ4v) is 2.27. The van der Waals surface area contributed by atoms with Crippen molar-refractivity contribution in [3.05, 3.63) is 24.1 Å². The lowest BCUT2D eigenvalue weighted by atomic mass is 10.5. The quantitative estimate of drug-likeness (QED) is 0.658. The number of sulfonamides is 1. The summed E-state index contributed by atoms with van der Waals surface area (Å²) >= 11 is 3.16. The van der Waals surface area contributed by atoms with Gasteiger partial charge in [-0.05, 0) is 18.6 Å². The van der Waals surface area contributed by atoms with Gasteiger partial charge in [-0.25, -0.2) is 22.5 Å². The molecule has 1 heterocycles. The van der Waals surface area contributed by atoms with Gasteiger partial charge in [0, 0.05) is 18.1 Å².